The predicted octanol–water partition coefficient (Wildman–Crippen LogP) is 3.99. The first-order valence-corrected chi connectivity index (χ1v) is 10.4. The Morgan fingerprint density at radius 1 is 1.12 bits per heavy atom. The molecule has 1 amide bonds. The van der Waals surface area contributed by atoms with E-state index in [1.807, 2.05) is 30.3 Å². The summed E-state index contributed by atoms with van der Waals surface area (Å²) < 4.78 is 26.7. The molecule has 2 aromatic carbocycles. The molecule has 0 unspecified atom stereocenters. The normalized spacial score (nSPS) is 11.8. The largest absolute Gasteiger partial charge is 0.489 e. The lowest BCUT2D eigenvalue weighted by molar-refractivity contribution is 0.0532. The van der Waals surface area contributed by atoms with Crippen molar-refractivity contribution in [2.75, 3.05) is 6.54 Å². The van der Waals surface area contributed by atoms with Gasteiger partial charge in [-0.25, -0.2) is 23.2 Å². The SMILES string of the molecule is CC(C)(C)OC(=O)NC/C(=C/F)Cn1ncn(-c2ccc(OCc3ccccc3)cc2)c1=O. The summed E-state index contributed by atoms with van der Waals surface area (Å²) in [6.45, 7) is 5.40. The maximum Gasteiger partial charge on any atom is 0.407 e. The van der Waals surface area contributed by atoms with Crippen molar-refractivity contribution in [3.8, 4) is 11.4 Å². The molecule has 0 aliphatic rings. The molecular weight excluding hydrogens is 427 g/mol. The number of nitrogens with one attached hydrogen (secondary N) is 1. The molecule has 3 aromatic rings. The molecule has 0 radical (unpaired) electrons. The van der Waals surface area contributed by atoms with Crippen LogP contribution < -0.4 is 15.7 Å². The second-order valence-corrected chi connectivity index (χ2v) is 8.33. The van der Waals surface area contributed by atoms with E-state index in [0.717, 1.165) is 10.2 Å². The standard InChI is InChI=1S/C24H27FN4O4/c1-24(2,3)33-22(30)26-14-19(13-25)15-29-23(31)28(17-27-29)20-9-11-21(12-10-20)32-16-18-7-5-4-6-8-18/h4-13,17H,14-16H2,1-3H3,(H,26,30)/b19-13-. The summed E-state index contributed by atoms with van der Waals surface area (Å²) in [6, 6.07) is 16.8. The van der Waals surface area contributed by atoms with Crippen LogP contribution in [0.3, 0.4) is 0 Å². The molecule has 0 atom stereocenters. The molecule has 0 aliphatic heterocycles. The summed E-state index contributed by atoms with van der Waals surface area (Å²) >= 11 is 0. The van der Waals surface area contributed by atoms with E-state index in [1.165, 1.54) is 10.9 Å². The number of rotatable bonds is 8. The molecule has 0 bridgehead atoms. The van der Waals surface area contributed by atoms with Crippen LogP contribution in [-0.4, -0.2) is 32.6 Å². The van der Waals surface area contributed by atoms with Crippen molar-refractivity contribution in [2.24, 2.45) is 0 Å². The molecule has 33 heavy (non-hydrogen) atoms. The topological polar surface area (TPSA) is 87.4 Å². The van der Waals surface area contributed by atoms with Gasteiger partial charge in [-0.15, -0.1) is 0 Å². The van der Waals surface area contributed by atoms with Crippen LogP contribution in [0.4, 0.5) is 9.18 Å². The van der Waals surface area contributed by atoms with Crippen LogP contribution in [0.25, 0.3) is 5.69 Å². The van der Waals surface area contributed by atoms with Gasteiger partial charge < -0.3 is 14.8 Å². The average Bonchev–Trinajstić information content (AvgIpc) is 3.15. The molecule has 0 aliphatic carbocycles. The lowest BCUT2D eigenvalue weighted by atomic mass is 10.2. The van der Waals surface area contributed by atoms with Gasteiger partial charge in [-0.05, 0) is 56.2 Å². The molecule has 9 heteroatoms. The Kier molecular flexibility index (Phi) is 7.66. The molecular formula is C24H27FN4O4. The van der Waals surface area contributed by atoms with Gasteiger partial charge in [-0.1, -0.05) is 30.3 Å². The number of benzene rings is 2. The van der Waals surface area contributed by atoms with Gasteiger partial charge in [0.15, 0.2) is 0 Å². The van der Waals surface area contributed by atoms with Crippen molar-refractivity contribution in [3.05, 3.63) is 88.9 Å². The number of halogens is 1. The Labute approximate surface area is 191 Å². The summed E-state index contributed by atoms with van der Waals surface area (Å²) in [7, 11) is 0. The summed E-state index contributed by atoms with van der Waals surface area (Å²) in [6.07, 6.45) is 1.04. The Bertz CT molecular complexity index is 1150. The Morgan fingerprint density at radius 3 is 2.45 bits per heavy atom. The molecule has 0 spiro atoms. The molecule has 0 saturated heterocycles. The summed E-state index contributed by atoms with van der Waals surface area (Å²) in [5, 5.41) is 6.51. The number of carbonyl (C=O) groups excluding carboxylic acids is 1. The zero-order valence-corrected chi connectivity index (χ0v) is 18.8. The monoisotopic (exact) mass is 454 g/mol. The average molecular weight is 455 g/mol. The summed E-state index contributed by atoms with van der Waals surface area (Å²) in [5.41, 5.74) is 0.706. The molecule has 3 rings (SSSR count). The van der Waals surface area contributed by atoms with Gasteiger partial charge in [0.1, 0.15) is 24.3 Å². The van der Waals surface area contributed by atoms with Gasteiger partial charge >= 0.3 is 11.8 Å². The number of amides is 1. The third-order valence-corrected chi connectivity index (χ3v) is 4.46. The van der Waals surface area contributed by atoms with Gasteiger partial charge in [0.2, 0.25) is 0 Å². The number of aromatic nitrogens is 3. The fourth-order valence-electron chi connectivity index (χ4n) is 2.89. The van der Waals surface area contributed by atoms with Crippen molar-refractivity contribution in [1.29, 1.82) is 0 Å². The van der Waals surface area contributed by atoms with Crippen LogP contribution in [-0.2, 0) is 17.9 Å². The molecule has 1 N–H and O–H groups in total. The highest BCUT2D eigenvalue weighted by molar-refractivity contribution is 5.68. The van der Waals surface area contributed by atoms with Gasteiger partial charge in [0.25, 0.3) is 0 Å². The smallest absolute Gasteiger partial charge is 0.407 e. The van der Waals surface area contributed by atoms with Crippen LogP contribution in [0.1, 0.15) is 26.3 Å². The van der Waals surface area contributed by atoms with Crippen LogP contribution in [0.5, 0.6) is 5.75 Å². The molecule has 1 heterocycles. The maximum absolute atomic E-state index is 13.3. The van der Waals surface area contributed by atoms with Crippen molar-refractivity contribution >= 4 is 6.09 Å². The van der Waals surface area contributed by atoms with E-state index in [-0.39, 0.29) is 18.7 Å². The van der Waals surface area contributed by atoms with E-state index < -0.39 is 17.4 Å². The van der Waals surface area contributed by atoms with Crippen molar-refractivity contribution in [3.63, 3.8) is 0 Å². The Morgan fingerprint density at radius 2 is 1.82 bits per heavy atom. The van der Waals surface area contributed by atoms with Gasteiger partial charge in [0, 0.05) is 6.54 Å². The minimum atomic E-state index is -0.672. The highest BCUT2D eigenvalue weighted by Crippen LogP contribution is 2.16. The van der Waals surface area contributed by atoms with Crippen LogP contribution in [0.15, 0.2) is 77.6 Å². The molecule has 8 nitrogen and oxygen atoms in total. The zero-order chi connectivity index (χ0) is 23.8. The highest BCUT2D eigenvalue weighted by Gasteiger charge is 2.16. The fraction of sp³-hybridized carbons (Fsp3) is 0.292. The quantitative estimate of drug-likeness (QED) is 0.556. The highest BCUT2D eigenvalue weighted by atomic mass is 19.1. The predicted molar refractivity (Wildman–Crippen MR) is 122 cm³/mol. The molecule has 0 saturated carbocycles. The van der Waals surface area contributed by atoms with Crippen molar-refractivity contribution < 1.29 is 18.7 Å². The third kappa shape index (κ3) is 7.06. The number of alkyl carbamates (subject to hydrolysis) is 1. The second kappa shape index (κ2) is 10.6. The zero-order valence-electron chi connectivity index (χ0n) is 18.8. The van der Waals surface area contributed by atoms with Crippen molar-refractivity contribution in [2.45, 2.75) is 39.5 Å². The van der Waals surface area contributed by atoms with E-state index in [9.17, 15) is 14.0 Å². The second-order valence-electron chi connectivity index (χ2n) is 8.33. The minimum Gasteiger partial charge on any atom is -0.489 e. The van der Waals surface area contributed by atoms with Crippen LogP contribution in [0.2, 0.25) is 0 Å². The number of ether oxygens (including phenoxy) is 2. The van der Waals surface area contributed by atoms with Crippen LogP contribution >= 0.6 is 0 Å². The van der Waals surface area contributed by atoms with E-state index >= 15 is 0 Å². The summed E-state index contributed by atoms with van der Waals surface area (Å²) in [4.78, 5) is 24.5. The first-order chi connectivity index (χ1) is 15.7. The molecule has 0 fully saturated rings. The van der Waals surface area contributed by atoms with Crippen molar-refractivity contribution in [1.82, 2.24) is 19.7 Å². The lowest BCUT2D eigenvalue weighted by Gasteiger charge is -2.19. The molecule has 1 aromatic heterocycles. The minimum absolute atomic E-state index is 0.113. The van der Waals surface area contributed by atoms with Gasteiger partial charge in [-0.3, -0.25) is 0 Å². The Hall–Kier alpha value is -3.88. The van der Waals surface area contributed by atoms with E-state index in [2.05, 4.69) is 10.4 Å². The number of hydrogen-bond acceptors (Lipinski definition) is 5. The number of nitrogens with zero attached hydrogens (tertiary/aromatic N) is 3. The van der Waals surface area contributed by atoms with Gasteiger partial charge in [-0.2, -0.15) is 5.10 Å². The maximum atomic E-state index is 13.3. The van der Waals surface area contributed by atoms with E-state index in [1.54, 1.807) is 45.0 Å². The van der Waals surface area contributed by atoms with Gasteiger partial charge in [0.05, 0.1) is 18.6 Å². The fourth-order valence-corrected chi connectivity index (χ4v) is 2.89. The first-order valence-electron chi connectivity index (χ1n) is 10.4. The molecule has 174 valence electrons. The summed E-state index contributed by atoms with van der Waals surface area (Å²) in [5.74, 6) is 0.666. The number of carbonyl (C=O) groups is 1. The number of hydrogen-bond donors (Lipinski definition) is 1. The first kappa shape index (κ1) is 23.8. The van der Waals surface area contributed by atoms with E-state index in [4.69, 9.17) is 9.47 Å². The van der Waals surface area contributed by atoms with Crippen LogP contribution in [0, 0.1) is 0 Å². The Balaban J connectivity index is 1.60. The van der Waals surface area contributed by atoms with E-state index in [0.29, 0.717) is 24.4 Å². The third-order valence-electron chi connectivity index (χ3n) is 4.46. The lowest BCUT2D eigenvalue weighted by Crippen LogP contribution is -2.34.